The first-order valence-corrected chi connectivity index (χ1v) is 4.94. The highest BCUT2D eigenvalue weighted by Crippen LogP contribution is 2.12. The first-order chi connectivity index (χ1) is 7.08. The van der Waals surface area contributed by atoms with Crippen LogP contribution in [0.25, 0.3) is 0 Å². The molecule has 1 atom stereocenters. The zero-order valence-corrected chi connectivity index (χ0v) is 9.08. The molecule has 2 amide bonds. The lowest BCUT2D eigenvalue weighted by Crippen LogP contribution is -2.34. The lowest BCUT2D eigenvalue weighted by Gasteiger charge is -2.08. The van der Waals surface area contributed by atoms with Gasteiger partial charge in [0.15, 0.2) is 0 Å². The van der Waals surface area contributed by atoms with E-state index in [0.29, 0.717) is 10.7 Å². The Labute approximate surface area is 93.2 Å². The quantitative estimate of drug-likeness (QED) is 0.739. The fraction of sp³-hybridized carbons (Fsp3) is 0.300. The summed E-state index contributed by atoms with van der Waals surface area (Å²) >= 11 is 5.69. The van der Waals surface area contributed by atoms with Gasteiger partial charge in [0, 0.05) is 17.3 Å². The van der Waals surface area contributed by atoms with E-state index in [1.165, 1.54) is 0 Å². The van der Waals surface area contributed by atoms with Crippen LogP contribution in [0.3, 0.4) is 0 Å². The number of aliphatic hydroxyl groups excluding tert-OH is 1. The van der Waals surface area contributed by atoms with Crippen molar-refractivity contribution in [2.24, 2.45) is 0 Å². The van der Waals surface area contributed by atoms with Gasteiger partial charge in [-0.15, -0.1) is 0 Å². The van der Waals surface area contributed by atoms with Crippen molar-refractivity contribution in [3.05, 3.63) is 29.3 Å². The number of anilines is 1. The molecule has 3 N–H and O–H groups in total. The number of benzene rings is 1. The van der Waals surface area contributed by atoms with Crippen molar-refractivity contribution in [2.45, 2.75) is 13.0 Å². The number of hydrogen-bond acceptors (Lipinski definition) is 2. The van der Waals surface area contributed by atoms with Crippen LogP contribution in [-0.2, 0) is 0 Å². The molecule has 0 heterocycles. The van der Waals surface area contributed by atoms with E-state index in [4.69, 9.17) is 16.7 Å². The monoisotopic (exact) mass is 228 g/mol. The Hall–Kier alpha value is -1.26. The summed E-state index contributed by atoms with van der Waals surface area (Å²) in [5.74, 6) is 0. The fourth-order valence-corrected chi connectivity index (χ4v) is 1.07. The maximum Gasteiger partial charge on any atom is 0.319 e. The average molecular weight is 229 g/mol. The largest absolute Gasteiger partial charge is 0.392 e. The van der Waals surface area contributed by atoms with Crippen molar-refractivity contribution in [3.63, 3.8) is 0 Å². The molecule has 1 rings (SSSR count). The third-order valence-electron chi connectivity index (χ3n) is 1.66. The number of carbonyl (C=O) groups is 1. The maximum atomic E-state index is 11.2. The van der Waals surface area contributed by atoms with E-state index in [9.17, 15) is 4.79 Å². The fourth-order valence-electron chi connectivity index (χ4n) is 0.949. The second-order valence-electron chi connectivity index (χ2n) is 3.19. The van der Waals surface area contributed by atoms with E-state index in [0.717, 1.165) is 0 Å². The molecule has 0 bridgehead atoms. The van der Waals surface area contributed by atoms with Crippen molar-refractivity contribution < 1.29 is 9.90 Å². The highest BCUT2D eigenvalue weighted by molar-refractivity contribution is 6.30. The smallest absolute Gasteiger partial charge is 0.319 e. The van der Waals surface area contributed by atoms with E-state index >= 15 is 0 Å². The van der Waals surface area contributed by atoms with Gasteiger partial charge in [0.05, 0.1) is 6.10 Å². The minimum Gasteiger partial charge on any atom is -0.392 e. The van der Waals surface area contributed by atoms with Crippen molar-refractivity contribution in [1.29, 1.82) is 0 Å². The minimum absolute atomic E-state index is 0.222. The Kier molecular flexibility index (Phi) is 4.39. The van der Waals surface area contributed by atoms with Crippen LogP contribution in [0.1, 0.15) is 6.92 Å². The summed E-state index contributed by atoms with van der Waals surface area (Å²) in [6.45, 7) is 1.82. The van der Waals surface area contributed by atoms with Crippen molar-refractivity contribution in [1.82, 2.24) is 5.32 Å². The van der Waals surface area contributed by atoms with Gasteiger partial charge in [-0.2, -0.15) is 0 Å². The van der Waals surface area contributed by atoms with Gasteiger partial charge in [-0.3, -0.25) is 0 Å². The van der Waals surface area contributed by atoms with Crippen molar-refractivity contribution >= 4 is 23.3 Å². The molecular formula is C10H13ClN2O2. The average Bonchev–Trinajstić information content (AvgIpc) is 2.19. The number of amides is 2. The lowest BCUT2D eigenvalue weighted by molar-refractivity contribution is 0.190. The maximum absolute atomic E-state index is 11.2. The molecule has 0 fully saturated rings. The summed E-state index contributed by atoms with van der Waals surface area (Å²) in [6, 6.07) is 6.42. The number of aliphatic hydroxyl groups is 1. The van der Waals surface area contributed by atoms with Gasteiger partial charge in [0.1, 0.15) is 0 Å². The summed E-state index contributed by atoms with van der Waals surface area (Å²) in [5, 5.41) is 14.7. The Balaban J connectivity index is 2.41. The molecule has 15 heavy (non-hydrogen) atoms. The highest BCUT2D eigenvalue weighted by Gasteiger charge is 2.02. The summed E-state index contributed by atoms with van der Waals surface area (Å²) in [7, 11) is 0. The summed E-state index contributed by atoms with van der Waals surface area (Å²) in [6.07, 6.45) is -0.555. The Bertz CT molecular complexity index is 325. The topological polar surface area (TPSA) is 61.4 Å². The summed E-state index contributed by atoms with van der Waals surface area (Å²) in [4.78, 5) is 11.2. The SMILES string of the molecule is C[C@@H](O)CNC(=O)Nc1ccc(Cl)cc1. The molecule has 82 valence electrons. The van der Waals surface area contributed by atoms with Gasteiger partial charge < -0.3 is 15.7 Å². The minimum atomic E-state index is -0.555. The molecule has 1 aromatic carbocycles. The molecule has 0 radical (unpaired) electrons. The van der Waals surface area contributed by atoms with Gasteiger partial charge in [0.25, 0.3) is 0 Å². The van der Waals surface area contributed by atoms with E-state index in [-0.39, 0.29) is 12.6 Å². The first-order valence-electron chi connectivity index (χ1n) is 4.56. The molecule has 0 aromatic heterocycles. The Morgan fingerprint density at radius 3 is 2.60 bits per heavy atom. The van der Waals surface area contributed by atoms with Crippen LogP contribution in [0.2, 0.25) is 5.02 Å². The standard InChI is InChI=1S/C10H13ClN2O2/c1-7(14)6-12-10(15)13-9-4-2-8(11)3-5-9/h2-5,7,14H,6H2,1H3,(H2,12,13,15)/t7-/m1/s1. The molecule has 0 aliphatic carbocycles. The number of hydrogen-bond donors (Lipinski definition) is 3. The van der Waals surface area contributed by atoms with Crippen LogP contribution in [0.5, 0.6) is 0 Å². The van der Waals surface area contributed by atoms with Crippen LogP contribution in [0.15, 0.2) is 24.3 Å². The second kappa shape index (κ2) is 5.58. The molecule has 0 spiro atoms. The van der Waals surface area contributed by atoms with Crippen LogP contribution < -0.4 is 10.6 Å². The molecule has 1 aromatic rings. The van der Waals surface area contributed by atoms with Crippen LogP contribution >= 0.6 is 11.6 Å². The molecule has 4 nitrogen and oxygen atoms in total. The van der Waals surface area contributed by atoms with Crippen LogP contribution in [0.4, 0.5) is 10.5 Å². The molecule has 0 saturated heterocycles. The Morgan fingerprint density at radius 2 is 2.07 bits per heavy atom. The molecule has 5 heteroatoms. The second-order valence-corrected chi connectivity index (χ2v) is 3.63. The van der Waals surface area contributed by atoms with Gasteiger partial charge >= 0.3 is 6.03 Å². The van der Waals surface area contributed by atoms with Gasteiger partial charge in [-0.25, -0.2) is 4.79 Å². The molecule has 0 aliphatic rings. The highest BCUT2D eigenvalue weighted by atomic mass is 35.5. The number of urea groups is 1. The Morgan fingerprint density at radius 1 is 1.47 bits per heavy atom. The predicted molar refractivity (Wildman–Crippen MR) is 60.2 cm³/mol. The van der Waals surface area contributed by atoms with E-state index in [1.807, 2.05) is 0 Å². The number of carbonyl (C=O) groups excluding carboxylic acids is 1. The number of rotatable bonds is 3. The number of nitrogens with one attached hydrogen (secondary N) is 2. The summed E-state index contributed by atoms with van der Waals surface area (Å²) < 4.78 is 0. The molecular weight excluding hydrogens is 216 g/mol. The van der Waals surface area contributed by atoms with Crippen LogP contribution in [-0.4, -0.2) is 23.8 Å². The zero-order valence-electron chi connectivity index (χ0n) is 8.33. The van der Waals surface area contributed by atoms with Crippen molar-refractivity contribution in [3.8, 4) is 0 Å². The van der Waals surface area contributed by atoms with E-state index < -0.39 is 6.10 Å². The van der Waals surface area contributed by atoms with E-state index in [2.05, 4.69) is 10.6 Å². The van der Waals surface area contributed by atoms with Crippen LogP contribution in [0, 0.1) is 0 Å². The first kappa shape index (κ1) is 11.8. The van der Waals surface area contributed by atoms with E-state index in [1.54, 1.807) is 31.2 Å². The lowest BCUT2D eigenvalue weighted by atomic mass is 10.3. The molecule has 0 unspecified atom stereocenters. The molecule has 0 saturated carbocycles. The van der Waals surface area contributed by atoms with Gasteiger partial charge in [-0.1, -0.05) is 11.6 Å². The third-order valence-corrected chi connectivity index (χ3v) is 1.91. The molecule has 0 aliphatic heterocycles. The summed E-state index contributed by atoms with van der Waals surface area (Å²) in [5.41, 5.74) is 0.655. The van der Waals surface area contributed by atoms with Gasteiger partial charge in [0.2, 0.25) is 0 Å². The predicted octanol–water partition coefficient (Wildman–Crippen LogP) is 1.84. The van der Waals surface area contributed by atoms with Gasteiger partial charge in [-0.05, 0) is 31.2 Å². The number of halogens is 1. The third kappa shape index (κ3) is 4.67. The zero-order chi connectivity index (χ0) is 11.3. The van der Waals surface area contributed by atoms with Crippen molar-refractivity contribution in [2.75, 3.05) is 11.9 Å². The normalized spacial score (nSPS) is 11.9.